The van der Waals surface area contributed by atoms with Crippen LogP contribution in [0.25, 0.3) is 10.8 Å². The van der Waals surface area contributed by atoms with E-state index in [9.17, 15) is 13.6 Å². The SMILES string of the molecule is Nc1c(=O)[nH]c(SCc2cc(F)ccc2Cl)c2cc(F)ccc12. The predicted molar refractivity (Wildman–Crippen MR) is 89.9 cm³/mol. The van der Waals surface area contributed by atoms with Crippen LogP contribution < -0.4 is 11.3 Å². The fourth-order valence-electron chi connectivity index (χ4n) is 2.22. The van der Waals surface area contributed by atoms with E-state index in [0.29, 0.717) is 32.1 Å². The van der Waals surface area contributed by atoms with Crippen molar-refractivity contribution in [2.75, 3.05) is 5.73 Å². The highest BCUT2D eigenvalue weighted by molar-refractivity contribution is 7.98. The Balaban J connectivity index is 2.03. The Morgan fingerprint density at radius 3 is 2.57 bits per heavy atom. The number of thioether (sulfide) groups is 1. The van der Waals surface area contributed by atoms with Gasteiger partial charge in [-0.1, -0.05) is 11.6 Å². The molecule has 1 heterocycles. The van der Waals surface area contributed by atoms with Gasteiger partial charge in [0.15, 0.2) is 0 Å². The maximum Gasteiger partial charge on any atom is 0.272 e. The summed E-state index contributed by atoms with van der Waals surface area (Å²) in [7, 11) is 0. The summed E-state index contributed by atoms with van der Waals surface area (Å²) < 4.78 is 26.8. The smallest absolute Gasteiger partial charge is 0.272 e. The minimum Gasteiger partial charge on any atom is -0.394 e. The molecule has 0 saturated heterocycles. The van der Waals surface area contributed by atoms with Crippen molar-refractivity contribution in [3.63, 3.8) is 0 Å². The molecular formula is C16H11ClF2N2OS. The number of nitrogen functional groups attached to an aromatic ring is 1. The molecule has 7 heteroatoms. The van der Waals surface area contributed by atoms with E-state index in [1.807, 2.05) is 0 Å². The van der Waals surface area contributed by atoms with Gasteiger partial charge >= 0.3 is 0 Å². The highest BCUT2D eigenvalue weighted by Crippen LogP contribution is 2.32. The number of hydrogen-bond acceptors (Lipinski definition) is 3. The Morgan fingerprint density at radius 2 is 1.78 bits per heavy atom. The molecule has 3 N–H and O–H groups in total. The van der Waals surface area contributed by atoms with Crippen LogP contribution in [0.15, 0.2) is 46.2 Å². The van der Waals surface area contributed by atoms with Gasteiger partial charge in [-0.25, -0.2) is 8.78 Å². The second kappa shape index (κ2) is 6.22. The average Bonchev–Trinajstić information content (AvgIpc) is 2.52. The third kappa shape index (κ3) is 3.18. The summed E-state index contributed by atoms with van der Waals surface area (Å²) >= 11 is 7.26. The molecule has 0 fully saturated rings. The molecule has 0 saturated carbocycles. The van der Waals surface area contributed by atoms with Gasteiger partial charge in [0.1, 0.15) is 17.3 Å². The fraction of sp³-hybridized carbons (Fsp3) is 0.0625. The number of fused-ring (bicyclic) bond motifs is 1. The van der Waals surface area contributed by atoms with Gasteiger partial charge in [-0.05, 0) is 42.0 Å². The number of hydrogen-bond donors (Lipinski definition) is 2. The maximum atomic E-state index is 13.5. The maximum absolute atomic E-state index is 13.5. The molecule has 3 rings (SSSR count). The van der Waals surface area contributed by atoms with Gasteiger partial charge in [-0.3, -0.25) is 4.79 Å². The molecule has 0 unspecified atom stereocenters. The number of aromatic nitrogens is 1. The van der Waals surface area contributed by atoms with E-state index in [4.69, 9.17) is 17.3 Å². The summed E-state index contributed by atoms with van der Waals surface area (Å²) in [4.78, 5) is 14.5. The van der Waals surface area contributed by atoms with Crippen LogP contribution >= 0.6 is 23.4 Å². The van der Waals surface area contributed by atoms with E-state index in [2.05, 4.69) is 4.98 Å². The number of nitrogens with two attached hydrogens (primary N) is 1. The van der Waals surface area contributed by atoms with Gasteiger partial charge in [-0.2, -0.15) is 0 Å². The molecule has 2 aromatic carbocycles. The molecule has 23 heavy (non-hydrogen) atoms. The standard InChI is InChI=1S/C16H11ClF2N2OS/c17-13-4-2-9(18)5-8(13)7-23-16-12-6-10(19)1-3-11(12)14(20)15(22)21-16/h1-6H,7,20H2,(H,21,22). The van der Waals surface area contributed by atoms with E-state index < -0.39 is 17.2 Å². The molecular weight excluding hydrogens is 342 g/mol. The van der Waals surface area contributed by atoms with E-state index >= 15 is 0 Å². The molecule has 0 aliphatic carbocycles. The first-order chi connectivity index (χ1) is 11.0. The summed E-state index contributed by atoms with van der Waals surface area (Å²) in [5, 5.41) is 1.86. The number of H-pyrrole nitrogens is 1. The average molecular weight is 353 g/mol. The second-order valence-corrected chi connectivity index (χ2v) is 6.30. The van der Waals surface area contributed by atoms with E-state index in [-0.39, 0.29) is 5.69 Å². The number of halogens is 3. The van der Waals surface area contributed by atoms with Crippen LogP contribution in [0.4, 0.5) is 14.5 Å². The lowest BCUT2D eigenvalue weighted by Crippen LogP contribution is -2.13. The molecule has 0 bridgehead atoms. The van der Waals surface area contributed by atoms with E-state index in [0.717, 1.165) is 0 Å². The highest BCUT2D eigenvalue weighted by atomic mass is 35.5. The van der Waals surface area contributed by atoms with Gasteiger partial charge in [-0.15, -0.1) is 11.8 Å². The molecule has 0 aliphatic rings. The van der Waals surface area contributed by atoms with Crippen LogP contribution in [-0.4, -0.2) is 4.98 Å². The molecule has 0 spiro atoms. The minimum absolute atomic E-state index is 0.0353. The summed E-state index contributed by atoms with van der Waals surface area (Å²) in [5.74, 6) is -0.511. The van der Waals surface area contributed by atoms with Crippen molar-refractivity contribution in [2.24, 2.45) is 0 Å². The first kappa shape index (κ1) is 15.8. The van der Waals surface area contributed by atoms with Gasteiger partial charge in [0.2, 0.25) is 0 Å². The second-order valence-electron chi connectivity index (χ2n) is 4.91. The lowest BCUT2D eigenvalue weighted by molar-refractivity contribution is 0.626. The topological polar surface area (TPSA) is 58.9 Å². The largest absolute Gasteiger partial charge is 0.394 e. The Bertz CT molecular complexity index is 959. The Labute approximate surface area is 139 Å². The normalized spacial score (nSPS) is 11.1. The van der Waals surface area contributed by atoms with Gasteiger partial charge in [0, 0.05) is 21.5 Å². The highest BCUT2D eigenvalue weighted by Gasteiger charge is 2.11. The van der Waals surface area contributed by atoms with Crippen LogP contribution in [0, 0.1) is 11.6 Å². The van der Waals surface area contributed by atoms with Crippen LogP contribution in [-0.2, 0) is 5.75 Å². The molecule has 0 radical (unpaired) electrons. The Morgan fingerprint density at radius 1 is 1.09 bits per heavy atom. The van der Waals surface area contributed by atoms with Crippen molar-refractivity contribution in [1.82, 2.24) is 4.98 Å². The molecule has 0 amide bonds. The molecule has 3 aromatic rings. The number of pyridine rings is 1. The quantitative estimate of drug-likeness (QED) is 0.689. The number of anilines is 1. The third-order valence-electron chi connectivity index (χ3n) is 3.37. The third-order valence-corrected chi connectivity index (χ3v) is 4.80. The Kier molecular flexibility index (Phi) is 4.28. The number of benzene rings is 2. The lowest BCUT2D eigenvalue weighted by Gasteiger charge is -2.09. The first-order valence-corrected chi connectivity index (χ1v) is 8.00. The molecule has 118 valence electrons. The molecule has 3 nitrogen and oxygen atoms in total. The number of rotatable bonds is 3. The molecule has 0 atom stereocenters. The zero-order valence-corrected chi connectivity index (χ0v) is 13.3. The van der Waals surface area contributed by atoms with Crippen molar-refractivity contribution in [3.8, 4) is 0 Å². The summed E-state index contributed by atoms with van der Waals surface area (Å²) in [6.45, 7) is 0. The van der Waals surface area contributed by atoms with Crippen molar-refractivity contribution < 1.29 is 8.78 Å². The van der Waals surface area contributed by atoms with Crippen molar-refractivity contribution in [1.29, 1.82) is 0 Å². The summed E-state index contributed by atoms with van der Waals surface area (Å²) in [5.41, 5.74) is 5.91. The number of aromatic amines is 1. The first-order valence-electron chi connectivity index (χ1n) is 6.63. The van der Waals surface area contributed by atoms with Gasteiger partial charge < -0.3 is 10.7 Å². The van der Waals surface area contributed by atoms with Gasteiger partial charge in [0.25, 0.3) is 5.56 Å². The van der Waals surface area contributed by atoms with Crippen molar-refractivity contribution >= 4 is 39.8 Å². The zero-order valence-electron chi connectivity index (χ0n) is 11.7. The summed E-state index contributed by atoms with van der Waals surface area (Å²) in [6.07, 6.45) is 0. The van der Waals surface area contributed by atoms with Gasteiger partial charge in [0.05, 0.1) is 5.03 Å². The van der Waals surface area contributed by atoms with Crippen molar-refractivity contribution in [2.45, 2.75) is 10.8 Å². The lowest BCUT2D eigenvalue weighted by atomic mass is 10.1. The fourth-order valence-corrected chi connectivity index (χ4v) is 3.51. The van der Waals surface area contributed by atoms with Crippen LogP contribution in [0.2, 0.25) is 5.02 Å². The Hall–Kier alpha value is -2.05. The van der Waals surface area contributed by atoms with E-state index in [1.54, 1.807) is 0 Å². The van der Waals surface area contributed by atoms with Crippen LogP contribution in [0.1, 0.15) is 5.56 Å². The predicted octanol–water partition coefficient (Wildman–Crippen LogP) is 4.33. The number of nitrogens with one attached hydrogen (secondary N) is 1. The zero-order chi connectivity index (χ0) is 16.6. The van der Waals surface area contributed by atoms with Crippen LogP contribution in [0.3, 0.4) is 0 Å². The minimum atomic E-state index is -0.447. The van der Waals surface area contributed by atoms with Crippen molar-refractivity contribution in [3.05, 3.63) is 69.0 Å². The summed E-state index contributed by atoms with van der Waals surface area (Å²) in [6, 6.07) is 8.08. The van der Waals surface area contributed by atoms with E-state index in [1.165, 1.54) is 48.2 Å². The monoisotopic (exact) mass is 352 g/mol. The molecule has 0 aliphatic heterocycles. The molecule has 1 aromatic heterocycles. The van der Waals surface area contributed by atoms with Crippen LogP contribution in [0.5, 0.6) is 0 Å².